The van der Waals surface area contributed by atoms with E-state index in [9.17, 15) is 14.0 Å². The van der Waals surface area contributed by atoms with Crippen LogP contribution in [0.25, 0.3) is 0 Å². The topological polar surface area (TPSA) is 67.9 Å². The zero-order valence-corrected chi connectivity index (χ0v) is 15.3. The normalized spacial score (nSPS) is 17.6. The van der Waals surface area contributed by atoms with Crippen molar-refractivity contribution >= 4 is 11.8 Å². The average molecular weight is 384 g/mol. The van der Waals surface area contributed by atoms with Crippen LogP contribution in [0.3, 0.4) is 0 Å². The summed E-state index contributed by atoms with van der Waals surface area (Å²) in [6.07, 6.45) is 2.03. The molecule has 2 aliphatic heterocycles. The summed E-state index contributed by atoms with van der Waals surface area (Å²) < 4.78 is 23.6. The minimum absolute atomic E-state index is 0.149. The number of carbonyl (C=O) groups excluding carboxylic acids is 2. The van der Waals surface area contributed by atoms with Gasteiger partial charge in [0.25, 0.3) is 5.91 Å². The first-order chi connectivity index (χ1) is 13.6. The van der Waals surface area contributed by atoms with Crippen molar-refractivity contribution in [2.45, 2.75) is 25.3 Å². The molecule has 146 valence electrons. The molecule has 0 bridgehead atoms. The van der Waals surface area contributed by atoms with Gasteiger partial charge in [0.1, 0.15) is 11.9 Å². The quantitative estimate of drug-likeness (QED) is 0.860. The Morgan fingerprint density at radius 1 is 1.11 bits per heavy atom. The van der Waals surface area contributed by atoms with E-state index >= 15 is 0 Å². The van der Waals surface area contributed by atoms with Gasteiger partial charge in [0.2, 0.25) is 12.7 Å². The van der Waals surface area contributed by atoms with Crippen LogP contribution < -0.4 is 14.8 Å². The molecule has 0 aromatic heterocycles. The van der Waals surface area contributed by atoms with E-state index < -0.39 is 6.04 Å². The first kappa shape index (κ1) is 18.3. The van der Waals surface area contributed by atoms with Crippen molar-refractivity contribution in [3.05, 3.63) is 59.4 Å². The van der Waals surface area contributed by atoms with Gasteiger partial charge >= 0.3 is 0 Å². The number of nitrogens with one attached hydrogen (secondary N) is 1. The molecule has 28 heavy (non-hydrogen) atoms. The van der Waals surface area contributed by atoms with Crippen molar-refractivity contribution in [2.24, 2.45) is 0 Å². The Morgan fingerprint density at radius 3 is 2.71 bits per heavy atom. The molecule has 2 aliphatic rings. The van der Waals surface area contributed by atoms with E-state index in [0.29, 0.717) is 43.0 Å². The van der Waals surface area contributed by atoms with Crippen LogP contribution in [0.5, 0.6) is 11.5 Å². The molecule has 4 rings (SSSR count). The molecule has 2 amide bonds. The van der Waals surface area contributed by atoms with E-state index in [1.165, 1.54) is 12.1 Å². The van der Waals surface area contributed by atoms with E-state index in [1.807, 2.05) is 0 Å². The van der Waals surface area contributed by atoms with Gasteiger partial charge < -0.3 is 19.7 Å². The Morgan fingerprint density at radius 2 is 1.89 bits per heavy atom. The lowest BCUT2D eigenvalue weighted by atomic mass is 10.1. The number of ether oxygens (including phenoxy) is 2. The average Bonchev–Trinajstić information content (AvgIpc) is 3.37. The fraction of sp³-hybridized carbons (Fsp3) is 0.333. The van der Waals surface area contributed by atoms with Crippen molar-refractivity contribution < 1.29 is 23.5 Å². The number of nitrogens with zero attached hydrogens (tertiary/aromatic N) is 1. The summed E-state index contributed by atoms with van der Waals surface area (Å²) in [6, 6.07) is 10.8. The molecule has 1 N–H and O–H groups in total. The van der Waals surface area contributed by atoms with E-state index in [1.54, 1.807) is 35.2 Å². The maximum atomic E-state index is 13.0. The number of carbonyl (C=O) groups is 2. The van der Waals surface area contributed by atoms with Crippen LogP contribution >= 0.6 is 0 Å². The van der Waals surface area contributed by atoms with Crippen molar-refractivity contribution in [1.82, 2.24) is 10.2 Å². The van der Waals surface area contributed by atoms with Crippen molar-refractivity contribution in [3.63, 3.8) is 0 Å². The maximum absolute atomic E-state index is 13.0. The summed E-state index contributed by atoms with van der Waals surface area (Å²) >= 11 is 0. The summed E-state index contributed by atoms with van der Waals surface area (Å²) in [5, 5.41) is 2.89. The molecule has 1 atom stereocenters. The lowest BCUT2D eigenvalue weighted by Gasteiger charge is -2.24. The van der Waals surface area contributed by atoms with E-state index in [4.69, 9.17) is 9.47 Å². The molecule has 2 heterocycles. The molecule has 7 heteroatoms. The molecule has 0 unspecified atom stereocenters. The van der Waals surface area contributed by atoms with Gasteiger partial charge in [0, 0.05) is 18.7 Å². The Bertz CT molecular complexity index is 884. The summed E-state index contributed by atoms with van der Waals surface area (Å²) in [4.78, 5) is 27.1. The molecular weight excluding hydrogens is 363 g/mol. The minimum Gasteiger partial charge on any atom is -0.454 e. The fourth-order valence-corrected chi connectivity index (χ4v) is 3.58. The first-order valence-corrected chi connectivity index (χ1v) is 9.34. The zero-order valence-electron chi connectivity index (χ0n) is 15.3. The number of halogens is 1. The number of fused-ring (bicyclic) bond motifs is 1. The third-order valence-electron chi connectivity index (χ3n) is 5.06. The Balaban J connectivity index is 1.36. The van der Waals surface area contributed by atoms with Crippen LogP contribution in [0.1, 0.15) is 28.8 Å². The van der Waals surface area contributed by atoms with Gasteiger partial charge in [0.15, 0.2) is 11.5 Å². The highest BCUT2D eigenvalue weighted by atomic mass is 19.1. The van der Waals surface area contributed by atoms with Crippen LogP contribution in [0.15, 0.2) is 42.5 Å². The predicted molar refractivity (Wildman–Crippen MR) is 99.7 cm³/mol. The number of amides is 2. The smallest absolute Gasteiger partial charge is 0.254 e. The van der Waals surface area contributed by atoms with Crippen molar-refractivity contribution in [1.29, 1.82) is 0 Å². The van der Waals surface area contributed by atoms with Crippen LogP contribution in [-0.4, -0.2) is 42.6 Å². The predicted octanol–water partition coefficient (Wildman–Crippen LogP) is 2.52. The van der Waals surface area contributed by atoms with E-state index in [-0.39, 0.29) is 24.4 Å². The monoisotopic (exact) mass is 384 g/mol. The van der Waals surface area contributed by atoms with Crippen molar-refractivity contribution in [3.8, 4) is 11.5 Å². The largest absolute Gasteiger partial charge is 0.454 e. The zero-order chi connectivity index (χ0) is 19.5. The molecule has 0 spiro atoms. The minimum atomic E-state index is -0.480. The first-order valence-electron chi connectivity index (χ1n) is 9.34. The van der Waals surface area contributed by atoms with Crippen LogP contribution in [0.2, 0.25) is 0 Å². The molecule has 1 fully saturated rings. The summed E-state index contributed by atoms with van der Waals surface area (Å²) in [6.45, 7) is 1.13. The summed E-state index contributed by atoms with van der Waals surface area (Å²) in [5.74, 6) is 0.540. The van der Waals surface area contributed by atoms with Crippen LogP contribution in [-0.2, 0) is 11.2 Å². The molecule has 1 saturated heterocycles. The molecule has 0 saturated carbocycles. The van der Waals surface area contributed by atoms with Gasteiger partial charge in [-0.15, -0.1) is 0 Å². The lowest BCUT2D eigenvalue weighted by Crippen LogP contribution is -2.46. The number of likely N-dealkylation sites (tertiary alicyclic amines) is 1. The Kier molecular flexibility index (Phi) is 5.14. The summed E-state index contributed by atoms with van der Waals surface area (Å²) in [5.41, 5.74) is 1.43. The van der Waals surface area contributed by atoms with E-state index in [2.05, 4.69) is 5.32 Å². The molecule has 0 radical (unpaired) electrons. The Hall–Kier alpha value is -3.09. The van der Waals surface area contributed by atoms with E-state index in [0.717, 1.165) is 12.0 Å². The second-order valence-electron chi connectivity index (χ2n) is 6.89. The Labute approximate surface area is 162 Å². The van der Waals surface area contributed by atoms with Crippen LogP contribution in [0, 0.1) is 5.82 Å². The highest BCUT2D eigenvalue weighted by Gasteiger charge is 2.34. The van der Waals surface area contributed by atoms with Gasteiger partial charge in [-0.1, -0.05) is 12.1 Å². The van der Waals surface area contributed by atoms with Gasteiger partial charge in [0.05, 0.1) is 0 Å². The van der Waals surface area contributed by atoms with Gasteiger partial charge in [-0.2, -0.15) is 0 Å². The van der Waals surface area contributed by atoms with Gasteiger partial charge in [-0.25, -0.2) is 4.39 Å². The fourth-order valence-electron chi connectivity index (χ4n) is 3.58. The molecule has 2 aromatic rings. The molecule has 6 nitrogen and oxygen atoms in total. The third-order valence-corrected chi connectivity index (χ3v) is 5.06. The standard InChI is InChI=1S/C21H21FN2O4/c22-16-6-3-14(4-7-16)9-10-23-20(25)17-2-1-11-24(17)21(26)15-5-8-18-19(12-15)28-13-27-18/h3-8,12,17H,1-2,9-11,13H2,(H,23,25)/t17-/m1/s1. The number of hydrogen-bond donors (Lipinski definition) is 1. The SMILES string of the molecule is O=C(NCCc1ccc(F)cc1)[C@H]1CCCN1C(=O)c1ccc2c(c1)OCO2. The molecule has 0 aliphatic carbocycles. The third kappa shape index (κ3) is 3.78. The highest BCUT2D eigenvalue weighted by molar-refractivity contribution is 5.98. The summed E-state index contributed by atoms with van der Waals surface area (Å²) in [7, 11) is 0. The number of hydrogen-bond acceptors (Lipinski definition) is 4. The number of benzene rings is 2. The van der Waals surface area contributed by atoms with Crippen LogP contribution in [0.4, 0.5) is 4.39 Å². The van der Waals surface area contributed by atoms with Crippen molar-refractivity contribution in [2.75, 3.05) is 19.9 Å². The second-order valence-corrected chi connectivity index (χ2v) is 6.89. The molecule has 2 aromatic carbocycles. The second kappa shape index (κ2) is 7.88. The maximum Gasteiger partial charge on any atom is 0.254 e. The van der Waals surface area contributed by atoms with Gasteiger partial charge in [-0.3, -0.25) is 9.59 Å². The van der Waals surface area contributed by atoms with Gasteiger partial charge in [-0.05, 0) is 55.2 Å². The lowest BCUT2D eigenvalue weighted by molar-refractivity contribution is -0.124. The molecular formula is C21H21FN2O4. The highest BCUT2D eigenvalue weighted by Crippen LogP contribution is 2.33. The number of rotatable bonds is 5.